The summed E-state index contributed by atoms with van der Waals surface area (Å²) >= 11 is 0. The van der Waals surface area contributed by atoms with Gasteiger partial charge in [-0.25, -0.2) is 15.0 Å². The van der Waals surface area contributed by atoms with E-state index in [0.717, 1.165) is 36.3 Å². The van der Waals surface area contributed by atoms with Crippen molar-refractivity contribution in [2.45, 2.75) is 19.8 Å². The monoisotopic (exact) mass is 368 g/mol. The molecule has 0 bridgehead atoms. The molecule has 4 rings (SSSR count). The van der Waals surface area contributed by atoms with Crippen LogP contribution in [-0.4, -0.2) is 25.9 Å². The summed E-state index contributed by atoms with van der Waals surface area (Å²) in [5.41, 5.74) is 5.04. The van der Waals surface area contributed by atoms with Gasteiger partial charge in [0, 0.05) is 12.7 Å². The molecule has 6 nitrogen and oxygen atoms in total. The van der Waals surface area contributed by atoms with Gasteiger partial charge in [0.25, 0.3) is 0 Å². The predicted molar refractivity (Wildman–Crippen MR) is 109 cm³/mol. The maximum atomic E-state index is 9.49. The maximum Gasteiger partial charge on any atom is 0.223 e. The molecule has 1 N–H and O–H groups in total. The molecule has 0 spiro atoms. The van der Waals surface area contributed by atoms with Gasteiger partial charge in [-0.15, -0.1) is 0 Å². The number of pyridine rings is 1. The van der Waals surface area contributed by atoms with Crippen LogP contribution in [0, 0.1) is 18.3 Å². The van der Waals surface area contributed by atoms with Crippen LogP contribution in [0.5, 0.6) is 0 Å². The van der Waals surface area contributed by atoms with Crippen molar-refractivity contribution in [3.8, 4) is 17.5 Å². The van der Waals surface area contributed by atoms with Gasteiger partial charge in [0.05, 0.1) is 23.7 Å². The number of aromatic nitrogens is 4. The molecule has 4 aromatic rings. The van der Waals surface area contributed by atoms with Crippen LogP contribution in [-0.2, 0) is 6.42 Å². The lowest BCUT2D eigenvalue weighted by molar-refractivity contribution is 0.853. The minimum atomic E-state index is 0.429. The van der Waals surface area contributed by atoms with Gasteiger partial charge in [-0.3, -0.25) is 4.40 Å². The Kier molecular flexibility index (Phi) is 4.98. The van der Waals surface area contributed by atoms with Crippen LogP contribution in [0.25, 0.3) is 17.0 Å². The van der Waals surface area contributed by atoms with E-state index < -0.39 is 0 Å². The number of aryl methyl sites for hydroxylation is 2. The number of nitrogens with zero attached hydrogens (tertiary/aromatic N) is 5. The van der Waals surface area contributed by atoms with E-state index in [1.165, 1.54) is 5.56 Å². The molecule has 0 radical (unpaired) electrons. The molecule has 0 aliphatic carbocycles. The zero-order valence-corrected chi connectivity index (χ0v) is 15.6. The summed E-state index contributed by atoms with van der Waals surface area (Å²) in [7, 11) is 0. The number of anilines is 1. The van der Waals surface area contributed by atoms with Gasteiger partial charge in [0.15, 0.2) is 0 Å². The molecule has 0 atom stereocenters. The molecule has 0 amide bonds. The molecule has 0 aliphatic rings. The van der Waals surface area contributed by atoms with E-state index in [1.54, 1.807) is 12.4 Å². The van der Waals surface area contributed by atoms with Crippen molar-refractivity contribution in [2.75, 3.05) is 11.9 Å². The fourth-order valence-electron chi connectivity index (χ4n) is 3.21. The molecule has 0 saturated heterocycles. The first-order chi connectivity index (χ1) is 13.8. The predicted octanol–water partition coefficient (Wildman–Crippen LogP) is 4.02. The van der Waals surface area contributed by atoms with Crippen molar-refractivity contribution in [3.05, 3.63) is 77.7 Å². The molecule has 28 heavy (non-hydrogen) atoms. The highest BCUT2D eigenvalue weighted by molar-refractivity contribution is 5.68. The average Bonchev–Trinajstić information content (AvgIpc) is 3.17. The van der Waals surface area contributed by atoms with E-state index in [2.05, 4.69) is 50.6 Å². The Morgan fingerprint density at radius 3 is 2.75 bits per heavy atom. The normalized spacial score (nSPS) is 10.7. The third-order valence-electron chi connectivity index (χ3n) is 4.65. The average molecular weight is 368 g/mol. The van der Waals surface area contributed by atoms with Crippen LogP contribution < -0.4 is 5.32 Å². The zero-order chi connectivity index (χ0) is 19.3. The molecular formula is C22H20N6. The second-order valence-corrected chi connectivity index (χ2v) is 6.61. The first kappa shape index (κ1) is 17.7. The second kappa shape index (κ2) is 7.89. The third-order valence-corrected chi connectivity index (χ3v) is 4.65. The van der Waals surface area contributed by atoms with Crippen molar-refractivity contribution >= 4 is 11.6 Å². The van der Waals surface area contributed by atoms with E-state index >= 15 is 0 Å². The van der Waals surface area contributed by atoms with Crippen molar-refractivity contribution in [1.82, 2.24) is 19.4 Å². The fraction of sp³-hybridized carbons (Fsp3) is 0.182. The molecule has 138 valence electrons. The largest absolute Gasteiger partial charge is 0.354 e. The first-order valence-corrected chi connectivity index (χ1v) is 9.24. The molecular weight excluding hydrogens is 348 g/mol. The van der Waals surface area contributed by atoms with Crippen molar-refractivity contribution in [1.29, 1.82) is 5.26 Å². The molecule has 0 aliphatic heterocycles. The van der Waals surface area contributed by atoms with Crippen LogP contribution in [0.3, 0.4) is 0 Å². The van der Waals surface area contributed by atoms with E-state index in [1.807, 2.05) is 35.7 Å². The number of benzene rings is 1. The van der Waals surface area contributed by atoms with Crippen molar-refractivity contribution in [3.63, 3.8) is 0 Å². The van der Waals surface area contributed by atoms with Gasteiger partial charge < -0.3 is 5.32 Å². The minimum Gasteiger partial charge on any atom is -0.354 e. The van der Waals surface area contributed by atoms with Crippen LogP contribution in [0.2, 0.25) is 0 Å². The number of fused-ring (bicyclic) bond motifs is 1. The number of imidazole rings is 1. The van der Waals surface area contributed by atoms with E-state index in [-0.39, 0.29) is 0 Å². The van der Waals surface area contributed by atoms with E-state index in [9.17, 15) is 5.26 Å². The van der Waals surface area contributed by atoms with Gasteiger partial charge in [0.1, 0.15) is 17.4 Å². The summed E-state index contributed by atoms with van der Waals surface area (Å²) in [5, 5.41) is 12.8. The lowest BCUT2D eigenvalue weighted by Gasteiger charge is -2.08. The number of hydrogen-bond donors (Lipinski definition) is 1. The Labute approximate surface area is 163 Å². The number of rotatable bonds is 6. The maximum absolute atomic E-state index is 9.49. The van der Waals surface area contributed by atoms with Gasteiger partial charge >= 0.3 is 0 Å². The quantitative estimate of drug-likeness (QED) is 0.520. The molecule has 1 aromatic carbocycles. The molecule has 3 heterocycles. The number of nitriles is 1. The van der Waals surface area contributed by atoms with Gasteiger partial charge in [-0.05, 0) is 37.0 Å². The van der Waals surface area contributed by atoms with Gasteiger partial charge in [0.2, 0.25) is 5.95 Å². The lowest BCUT2D eigenvalue weighted by atomic mass is 10.1. The standard InChI is InChI=1S/C22H20N6/c1-16-7-6-12-28-19(15-25-21(16)28)20-18(13-23)14-26-22(27-20)24-11-5-10-17-8-3-2-4-9-17/h2-4,6-9,12,14-15H,5,10-11H2,1H3,(H,24,26,27). The van der Waals surface area contributed by atoms with Crippen LogP contribution in [0.1, 0.15) is 23.1 Å². The highest BCUT2D eigenvalue weighted by Crippen LogP contribution is 2.24. The van der Waals surface area contributed by atoms with Crippen molar-refractivity contribution in [2.24, 2.45) is 0 Å². The summed E-state index contributed by atoms with van der Waals surface area (Å²) in [4.78, 5) is 13.4. The first-order valence-electron chi connectivity index (χ1n) is 9.24. The summed E-state index contributed by atoms with van der Waals surface area (Å²) < 4.78 is 1.96. The molecule has 0 unspecified atom stereocenters. The van der Waals surface area contributed by atoms with Crippen molar-refractivity contribution < 1.29 is 0 Å². The smallest absolute Gasteiger partial charge is 0.223 e. The second-order valence-electron chi connectivity index (χ2n) is 6.61. The van der Waals surface area contributed by atoms with Crippen LogP contribution in [0.4, 0.5) is 5.95 Å². The van der Waals surface area contributed by atoms with Crippen LogP contribution in [0.15, 0.2) is 61.1 Å². The Morgan fingerprint density at radius 2 is 1.93 bits per heavy atom. The Balaban J connectivity index is 1.54. The fourth-order valence-corrected chi connectivity index (χ4v) is 3.21. The van der Waals surface area contributed by atoms with Gasteiger partial charge in [-0.2, -0.15) is 5.26 Å². The summed E-state index contributed by atoms with van der Waals surface area (Å²) in [6, 6.07) is 16.5. The molecule has 0 fully saturated rings. The van der Waals surface area contributed by atoms with E-state index in [0.29, 0.717) is 17.2 Å². The van der Waals surface area contributed by atoms with E-state index in [4.69, 9.17) is 0 Å². The molecule has 3 aromatic heterocycles. The number of hydrogen-bond acceptors (Lipinski definition) is 5. The zero-order valence-electron chi connectivity index (χ0n) is 15.6. The summed E-state index contributed by atoms with van der Waals surface area (Å²) in [6.07, 6.45) is 7.21. The third kappa shape index (κ3) is 3.55. The summed E-state index contributed by atoms with van der Waals surface area (Å²) in [6.45, 7) is 2.77. The Hall–Kier alpha value is -3.72. The SMILES string of the molecule is Cc1cccn2c(-c3nc(NCCCc4ccccc4)ncc3C#N)cnc12. The van der Waals surface area contributed by atoms with Gasteiger partial charge in [-0.1, -0.05) is 36.4 Å². The number of nitrogens with one attached hydrogen (secondary N) is 1. The molecule has 0 saturated carbocycles. The highest BCUT2D eigenvalue weighted by atomic mass is 15.1. The topological polar surface area (TPSA) is 78.9 Å². The van der Waals surface area contributed by atoms with Crippen LogP contribution >= 0.6 is 0 Å². The minimum absolute atomic E-state index is 0.429. The lowest BCUT2D eigenvalue weighted by Crippen LogP contribution is -2.08. The Morgan fingerprint density at radius 1 is 1.07 bits per heavy atom. The summed E-state index contributed by atoms with van der Waals surface area (Å²) in [5.74, 6) is 0.518. The molecule has 6 heteroatoms. The Bertz CT molecular complexity index is 1140. The highest BCUT2D eigenvalue weighted by Gasteiger charge is 2.14.